The molecule has 3 N–H and O–H groups in total. The van der Waals surface area contributed by atoms with E-state index in [2.05, 4.69) is 5.32 Å². The molecule has 1 aromatic carbocycles. The standard InChI is InChI=1S/C45H57NO16/c1-21(2)17-27(46-40(55)62-41(6,7)8)32(51)39(54)58-33-22(3)31-34(57-23(4)47)36(52)43(11)28(49)19-29-44(20-56-29,60-24(5)48)35(43)37(59-38(53)25-15-13-12-14-16-25)45(42(31,9)10)26(33)18-30(50)61-45/h12-16,18,21,27-29,32-35,37,49,51H,17,19-20H2,1-11H3,(H,46,55)/t27-,28+,29-,32-,33-,34-,35+,37+,43-,44+,45-/m1/s1. The van der Waals surface area contributed by atoms with E-state index in [4.69, 9.17) is 33.2 Å². The Balaban J connectivity index is 1.62. The normalized spacial score (nSPS) is 33.0. The van der Waals surface area contributed by atoms with Crippen LogP contribution in [0.25, 0.3) is 0 Å². The van der Waals surface area contributed by atoms with Gasteiger partial charge in [-0.3, -0.25) is 14.4 Å². The number of hydrogen-bond donors (Lipinski definition) is 3. The molecular weight excluding hydrogens is 810 g/mol. The number of alkyl carbamates (subject to hydrolysis) is 1. The fourth-order valence-corrected chi connectivity index (χ4v) is 10.4. The van der Waals surface area contributed by atoms with E-state index >= 15 is 4.79 Å². The molecule has 3 fully saturated rings. The molecule has 6 rings (SSSR count). The number of carbonyl (C=O) groups is 7. The van der Waals surface area contributed by atoms with Gasteiger partial charge in [0, 0.05) is 37.3 Å². The van der Waals surface area contributed by atoms with Gasteiger partial charge in [-0.25, -0.2) is 19.2 Å². The van der Waals surface area contributed by atoms with Gasteiger partial charge in [0.05, 0.1) is 35.6 Å². The predicted molar refractivity (Wildman–Crippen MR) is 215 cm³/mol. The van der Waals surface area contributed by atoms with Crippen LogP contribution in [0.1, 0.15) is 99.4 Å². The number of hydrogen-bond acceptors (Lipinski definition) is 16. The van der Waals surface area contributed by atoms with Gasteiger partial charge in [-0.15, -0.1) is 0 Å². The van der Waals surface area contributed by atoms with Crippen molar-refractivity contribution < 1.29 is 76.9 Å². The summed E-state index contributed by atoms with van der Waals surface area (Å²) in [7, 11) is 0. The quantitative estimate of drug-likeness (QED) is 0.173. The highest BCUT2D eigenvalue weighted by atomic mass is 16.6. The molecule has 2 bridgehead atoms. The molecule has 62 heavy (non-hydrogen) atoms. The third-order valence-corrected chi connectivity index (χ3v) is 12.9. The van der Waals surface area contributed by atoms with Crippen LogP contribution in [0.4, 0.5) is 4.79 Å². The van der Waals surface area contributed by atoms with Crippen molar-refractivity contribution in [1.29, 1.82) is 0 Å². The Bertz CT molecular complexity index is 2100. The molecule has 0 radical (unpaired) electrons. The Morgan fingerprint density at radius 2 is 1.60 bits per heavy atom. The zero-order valence-electron chi connectivity index (χ0n) is 36.9. The van der Waals surface area contributed by atoms with Gasteiger partial charge in [0.25, 0.3) is 0 Å². The summed E-state index contributed by atoms with van der Waals surface area (Å²) in [6, 6.07) is 6.56. The molecule has 0 unspecified atom stereocenters. The van der Waals surface area contributed by atoms with E-state index in [9.17, 15) is 39.0 Å². The number of esters is 5. The lowest BCUT2D eigenvalue weighted by Crippen LogP contribution is -2.82. The van der Waals surface area contributed by atoms with Crippen molar-refractivity contribution in [1.82, 2.24) is 5.32 Å². The van der Waals surface area contributed by atoms with Crippen molar-refractivity contribution in [3.05, 3.63) is 58.7 Å². The van der Waals surface area contributed by atoms with Crippen LogP contribution >= 0.6 is 0 Å². The Morgan fingerprint density at radius 1 is 0.952 bits per heavy atom. The van der Waals surface area contributed by atoms with Crippen LogP contribution in [-0.2, 0) is 57.1 Å². The first-order chi connectivity index (χ1) is 28.7. The van der Waals surface area contributed by atoms with Gasteiger partial charge in [-0.1, -0.05) is 45.9 Å². The second-order valence-electron chi connectivity index (χ2n) is 19.0. The Hall–Kier alpha value is -5.13. The van der Waals surface area contributed by atoms with Gasteiger partial charge < -0.3 is 48.7 Å². The lowest BCUT2D eigenvalue weighted by atomic mass is 9.44. The molecule has 338 valence electrons. The Morgan fingerprint density at radius 3 is 2.15 bits per heavy atom. The Kier molecular flexibility index (Phi) is 12.1. The number of aliphatic hydroxyl groups excluding tert-OH is 2. The van der Waals surface area contributed by atoms with Gasteiger partial charge in [0.2, 0.25) is 0 Å². The number of rotatable bonds is 10. The molecule has 1 amide bonds. The minimum Gasteiger partial charge on any atom is -0.454 e. The lowest BCUT2D eigenvalue weighted by Gasteiger charge is -2.67. The average molecular weight is 868 g/mol. The van der Waals surface area contributed by atoms with Gasteiger partial charge >= 0.3 is 35.9 Å². The largest absolute Gasteiger partial charge is 0.454 e. The summed E-state index contributed by atoms with van der Waals surface area (Å²) in [5, 5.41) is 26.4. The van der Waals surface area contributed by atoms with Gasteiger partial charge in [0.15, 0.2) is 35.3 Å². The summed E-state index contributed by atoms with van der Waals surface area (Å²) in [6.07, 6.45) is -10.0. The second-order valence-corrected chi connectivity index (χ2v) is 19.0. The molecule has 1 aromatic rings. The number of Topliss-reactive ketones (excluding diaryl/α,β-unsaturated/α-hetero) is 1. The molecule has 17 nitrogen and oxygen atoms in total. The smallest absolute Gasteiger partial charge is 0.407 e. The van der Waals surface area contributed by atoms with Crippen LogP contribution < -0.4 is 5.32 Å². The molecule has 1 saturated heterocycles. The molecule has 2 saturated carbocycles. The van der Waals surface area contributed by atoms with E-state index in [0.717, 1.165) is 19.9 Å². The van der Waals surface area contributed by atoms with Crippen molar-refractivity contribution in [3.8, 4) is 0 Å². The Labute approximate surface area is 359 Å². The second kappa shape index (κ2) is 16.2. The van der Waals surface area contributed by atoms with E-state index in [1.165, 1.54) is 26.0 Å². The maximum absolute atomic E-state index is 15.6. The zero-order valence-corrected chi connectivity index (χ0v) is 36.9. The average Bonchev–Trinajstić information content (AvgIpc) is 3.52. The van der Waals surface area contributed by atoms with E-state index in [1.54, 1.807) is 52.8 Å². The van der Waals surface area contributed by atoms with Crippen molar-refractivity contribution in [2.45, 2.75) is 148 Å². The van der Waals surface area contributed by atoms with Crippen molar-refractivity contribution in [3.63, 3.8) is 0 Å². The van der Waals surface area contributed by atoms with E-state index in [-0.39, 0.29) is 47.6 Å². The highest BCUT2D eigenvalue weighted by Gasteiger charge is 2.81. The summed E-state index contributed by atoms with van der Waals surface area (Å²) >= 11 is 0. The number of nitrogens with one attached hydrogen (secondary N) is 1. The fourth-order valence-electron chi connectivity index (χ4n) is 10.4. The van der Waals surface area contributed by atoms with Crippen LogP contribution in [0.3, 0.4) is 0 Å². The van der Waals surface area contributed by atoms with Gasteiger partial charge in [0.1, 0.15) is 17.8 Å². The number of carbonyl (C=O) groups excluding carboxylic acids is 7. The number of fused-ring (bicyclic) bond motifs is 4. The third-order valence-electron chi connectivity index (χ3n) is 12.9. The van der Waals surface area contributed by atoms with Crippen LogP contribution in [0, 0.1) is 22.7 Å². The number of ether oxygens (including phenoxy) is 7. The van der Waals surface area contributed by atoms with Crippen LogP contribution in [0.5, 0.6) is 0 Å². The first-order valence-electron chi connectivity index (χ1n) is 20.7. The number of benzene rings is 1. The van der Waals surface area contributed by atoms with Gasteiger partial charge in [-0.05, 0) is 70.2 Å². The van der Waals surface area contributed by atoms with Crippen molar-refractivity contribution in [2.75, 3.05) is 6.61 Å². The molecule has 0 aromatic heterocycles. The summed E-state index contributed by atoms with van der Waals surface area (Å²) in [5.74, 6) is -7.54. The number of aliphatic hydroxyl groups is 2. The molecule has 2 aliphatic heterocycles. The van der Waals surface area contributed by atoms with Crippen LogP contribution in [0.2, 0.25) is 0 Å². The maximum atomic E-state index is 15.6. The molecule has 1 spiro atoms. The summed E-state index contributed by atoms with van der Waals surface area (Å²) in [6.45, 7) is 16.5. The zero-order chi connectivity index (χ0) is 46.1. The number of amides is 1. The van der Waals surface area contributed by atoms with Crippen molar-refractivity contribution in [2.24, 2.45) is 22.7 Å². The third kappa shape index (κ3) is 7.59. The van der Waals surface area contributed by atoms with Gasteiger partial charge in [-0.2, -0.15) is 0 Å². The lowest BCUT2D eigenvalue weighted by molar-refractivity contribution is -0.342. The van der Waals surface area contributed by atoms with Crippen LogP contribution in [0.15, 0.2) is 53.1 Å². The summed E-state index contributed by atoms with van der Waals surface area (Å²) < 4.78 is 42.5. The van der Waals surface area contributed by atoms with E-state index in [1.807, 2.05) is 13.8 Å². The molecule has 11 atom stereocenters. The van der Waals surface area contributed by atoms with Crippen LogP contribution in [-0.4, -0.2) is 118 Å². The minimum atomic E-state index is -2.28. The maximum Gasteiger partial charge on any atom is 0.407 e. The first-order valence-corrected chi connectivity index (χ1v) is 20.7. The summed E-state index contributed by atoms with van der Waals surface area (Å²) in [5.41, 5.74) is -8.75. The molecular formula is C45H57NO16. The van der Waals surface area contributed by atoms with E-state index in [0.29, 0.717) is 0 Å². The topological polar surface area (TPSA) is 237 Å². The molecule has 2 heterocycles. The molecule has 17 heteroatoms. The number of ketones is 1. The first kappa shape index (κ1) is 46.4. The molecule has 3 aliphatic carbocycles. The highest BCUT2D eigenvalue weighted by molar-refractivity contribution is 5.97. The fraction of sp³-hybridized carbons (Fsp3) is 0.622. The van der Waals surface area contributed by atoms with E-state index < -0.39 is 118 Å². The minimum absolute atomic E-state index is 0.0106. The highest BCUT2D eigenvalue weighted by Crippen LogP contribution is 2.67. The van der Waals surface area contributed by atoms with Crippen molar-refractivity contribution >= 4 is 41.7 Å². The monoisotopic (exact) mass is 867 g/mol. The summed E-state index contributed by atoms with van der Waals surface area (Å²) in [4.78, 5) is 97.6. The predicted octanol–water partition coefficient (Wildman–Crippen LogP) is 3.60. The molecule has 5 aliphatic rings. The SMILES string of the molecule is CC(=O)O[C@H]1C(=O)[C@@]2(C)[C@H]([C@H](OC(=O)c3ccccc3)[C@]34OC(=O)C=C3[C@H](OC(=O)[C@H](O)[C@@H](CC(C)C)NC(=O)OC(C)(C)C)C(C)=C1C4(C)C)[C@]1(OC(C)=O)CO[C@@H]1C[C@@H]2O.